The number of rotatable bonds is 4. The number of ether oxygens (including phenoxy) is 1. The van der Waals surface area contributed by atoms with Crippen molar-refractivity contribution in [1.82, 2.24) is 4.37 Å². The van der Waals surface area contributed by atoms with Gasteiger partial charge < -0.3 is 9.64 Å². The number of anilines is 1. The van der Waals surface area contributed by atoms with Crippen molar-refractivity contribution in [2.24, 2.45) is 0 Å². The molecule has 0 atom stereocenters. The van der Waals surface area contributed by atoms with Crippen LogP contribution in [0.5, 0.6) is 5.88 Å². The van der Waals surface area contributed by atoms with Gasteiger partial charge in [-0.3, -0.25) is 10.1 Å². The van der Waals surface area contributed by atoms with Gasteiger partial charge in [-0.1, -0.05) is 0 Å². The largest absolute Gasteiger partial charge is 0.472 e. The zero-order chi connectivity index (χ0) is 10.7. The Balaban J connectivity index is 3.13. The number of nitrogens with zero attached hydrogens (tertiary/aromatic N) is 3. The molecule has 14 heavy (non-hydrogen) atoms. The Morgan fingerprint density at radius 3 is 2.71 bits per heavy atom. The molecule has 0 radical (unpaired) electrons. The molecule has 1 aromatic rings. The summed E-state index contributed by atoms with van der Waals surface area (Å²) in [5, 5.41) is 11.2. The van der Waals surface area contributed by atoms with E-state index in [4.69, 9.17) is 4.74 Å². The first kappa shape index (κ1) is 10.7. The molecule has 0 saturated carbocycles. The van der Waals surface area contributed by atoms with Crippen LogP contribution in [-0.2, 0) is 0 Å². The van der Waals surface area contributed by atoms with Crippen molar-refractivity contribution in [2.75, 3.05) is 25.6 Å². The molecule has 0 spiro atoms. The minimum Gasteiger partial charge on any atom is -0.472 e. The van der Waals surface area contributed by atoms with Crippen LogP contribution < -0.4 is 9.64 Å². The Morgan fingerprint density at radius 1 is 1.64 bits per heavy atom. The molecule has 78 valence electrons. The Hall–Kier alpha value is -1.37. The summed E-state index contributed by atoms with van der Waals surface area (Å²) in [6.07, 6.45) is 0. The van der Waals surface area contributed by atoms with Crippen LogP contribution in [0.25, 0.3) is 0 Å². The van der Waals surface area contributed by atoms with Gasteiger partial charge in [-0.15, -0.1) is 4.37 Å². The van der Waals surface area contributed by atoms with Gasteiger partial charge in [0.25, 0.3) is 0 Å². The minimum atomic E-state index is -0.468. The monoisotopic (exact) mass is 217 g/mol. The van der Waals surface area contributed by atoms with Gasteiger partial charge in [0.1, 0.15) is 0 Å². The maximum atomic E-state index is 10.7. The van der Waals surface area contributed by atoms with Gasteiger partial charge in [-0.25, -0.2) is 0 Å². The summed E-state index contributed by atoms with van der Waals surface area (Å²) in [7, 11) is 3.46. The second kappa shape index (κ2) is 4.23. The van der Waals surface area contributed by atoms with Crippen molar-refractivity contribution >= 4 is 22.2 Å². The molecule has 0 aliphatic rings. The van der Waals surface area contributed by atoms with Gasteiger partial charge in [-0.05, 0) is 18.5 Å². The summed E-state index contributed by atoms with van der Waals surface area (Å²) in [6, 6.07) is 0. The maximum absolute atomic E-state index is 10.7. The first-order valence-corrected chi connectivity index (χ1v) is 4.79. The summed E-state index contributed by atoms with van der Waals surface area (Å²) in [5.74, 6) is 0.103. The third-order valence-electron chi connectivity index (χ3n) is 1.49. The normalized spacial score (nSPS) is 9.93. The van der Waals surface area contributed by atoms with E-state index in [1.54, 1.807) is 25.9 Å². The van der Waals surface area contributed by atoms with Crippen LogP contribution in [0.1, 0.15) is 6.92 Å². The quantitative estimate of drug-likeness (QED) is 0.565. The number of hydrogen-bond donors (Lipinski definition) is 0. The van der Waals surface area contributed by atoms with Crippen LogP contribution in [0.4, 0.5) is 10.7 Å². The van der Waals surface area contributed by atoms with Crippen LogP contribution in [0.3, 0.4) is 0 Å². The predicted molar refractivity (Wildman–Crippen MR) is 54.3 cm³/mol. The van der Waals surface area contributed by atoms with E-state index in [-0.39, 0.29) is 11.6 Å². The first-order chi connectivity index (χ1) is 6.57. The SMILES string of the molecule is CCOc1nsc(N(C)C)c1[N+](=O)[O-]. The highest BCUT2D eigenvalue weighted by molar-refractivity contribution is 7.11. The zero-order valence-corrected chi connectivity index (χ0v) is 9.00. The van der Waals surface area contributed by atoms with Crippen molar-refractivity contribution in [1.29, 1.82) is 0 Å². The second-order valence-corrected chi connectivity index (χ2v) is 3.48. The molecule has 1 heterocycles. The minimum absolute atomic E-state index is 0.0538. The van der Waals surface area contributed by atoms with Crippen LogP contribution in [0.15, 0.2) is 0 Å². The summed E-state index contributed by atoms with van der Waals surface area (Å²) in [4.78, 5) is 11.9. The van der Waals surface area contributed by atoms with Crippen LogP contribution >= 0.6 is 11.5 Å². The molecule has 0 aromatic carbocycles. The highest BCUT2D eigenvalue weighted by atomic mass is 32.1. The Bertz CT molecular complexity index is 337. The van der Waals surface area contributed by atoms with E-state index in [1.165, 1.54) is 0 Å². The highest BCUT2D eigenvalue weighted by Gasteiger charge is 2.27. The van der Waals surface area contributed by atoms with E-state index < -0.39 is 4.92 Å². The van der Waals surface area contributed by atoms with E-state index in [0.29, 0.717) is 11.6 Å². The van der Waals surface area contributed by atoms with Gasteiger partial charge >= 0.3 is 11.6 Å². The van der Waals surface area contributed by atoms with Gasteiger partial charge in [0.05, 0.1) is 11.5 Å². The van der Waals surface area contributed by atoms with Gasteiger partial charge in [-0.2, -0.15) is 0 Å². The van der Waals surface area contributed by atoms with Gasteiger partial charge in [0.2, 0.25) is 0 Å². The van der Waals surface area contributed by atoms with E-state index in [9.17, 15) is 10.1 Å². The molecule has 1 rings (SSSR count). The summed E-state index contributed by atoms with van der Waals surface area (Å²) in [6.45, 7) is 2.13. The topological polar surface area (TPSA) is 68.5 Å². The highest BCUT2D eigenvalue weighted by Crippen LogP contribution is 2.39. The summed E-state index contributed by atoms with van der Waals surface area (Å²) < 4.78 is 8.94. The zero-order valence-electron chi connectivity index (χ0n) is 8.18. The Morgan fingerprint density at radius 2 is 2.29 bits per heavy atom. The standard InChI is InChI=1S/C7H11N3O3S/c1-4-13-6-5(10(11)12)7(9(2)3)14-8-6/h4H2,1-3H3. The third-order valence-corrected chi connectivity index (χ3v) is 2.48. The van der Waals surface area contributed by atoms with Gasteiger partial charge in [0.15, 0.2) is 5.00 Å². The van der Waals surface area contributed by atoms with Crippen LogP contribution in [0.2, 0.25) is 0 Å². The fourth-order valence-electron chi connectivity index (χ4n) is 0.944. The fourth-order valence-corrected chi connectivity index (χ4v) is 1.66. The fraction of sp³-hybridized carbons (Fsp3) is 0.571. The van der Waals surface area contributed by atoms with Gasteiger partial charge in [0, 0.05) is 14.1 Å². The lowest BCUT2D eigenvalue weighted by Gasteiger charge is -2.06. The predicted octanol–water partition coefficient (Wildman–Crippen LogP) is 1.52. The number of aromatic nitrogens is 1. The van der Waals surface area contributed by atoms with Crippen LogP contribution in [0, 0.1) is 10.1 Å². The molecule has 0 amide bonds. The summed E-state index contributed by atoms with van der Waals surface area (Å²) >= 11 is 1.06. The Kier molecular flexibility index (Phi) is 3.23. The number of nitro groups is 1. The summed E-state index contributed by atoms with van der Waals surface area (Å²) in [5.41, 5.74) is -0.0538. The molecule has 6 nitrogen and oxygen atoms in total. The molecular formula is C7H11N3O3S. The molecule has 1 aromatic heterocycles. The maximum Gasteiger partial charge on any atom is 0.366 e. The lowest BCUT2D eigenvalue weighted by Crippen LogP contribution is -2.09. The molecule has 0 aliphatic carbocycles. The van der Waals surface area contributed by atoms with E-state index >= 15 is 0 Å². The second-order valence-electron chi connectivity index (χ2n) is 2.73. The first-order valence-electron chi connectivity index (χ1n) is 4.02. The lowest BCUT2D eigenvalue weighted by atomic mass is 10.5. The average Bonchev–Trinajstić information content (AvgIpc) is 2.48. The van der Waals surface area contributed by atoms with Crippen molar-refractivity contribution in [2.45, 2.75) is 6.92 Å². The van der Waals surface area contributed by atoms with E-state index in [0.717, 1.165) is 11.5 Å². The van der Waals surface area contributed by atoms with Crippen molar-refractivity contribution in [3.8, 4) is 5.88 Å². The van der Waals surface area contributed by atoms with Crippen molar-refractivity contribution in [3.63, 3.8) is 0 Å². The molecule has 7 heteroatoms. The van der Waals surface area contributed by atoms with E-state index in [1.807, 2.05) is 0 Å². The lowest BCUT2D eigenvalue weighted by molar-refractivity contribution is -0.384. The van der Waals surface area contributed by atoms with E-state index in [2.05, 4.69) is 4.37 Å². The number of hydrogen-bond acceptors (Lipinski definition) is 6. The smallest absolute Gasteiger partial charge is 0.366 e. The molecule has 0 saturated heterocycles. The third kappa shape index (κ3) is 1.92. The molecule has 0 fully saturated rings. The van der Waals surface area contributed by atoms with Crippen molar-refractivity contribution < 1.29 is 9.66 Å². The molecule has 0 aliphatic heterocycles. The molecule has 0 unspecified atom stereocenters. The molecule has 0 bridgehead atoms. The molecular weight excluding hydrogens is 206 g/mol. The molecule has 0 N–H and O–H groups in total. The van der Waals surface area contributed by atoms with Crippen molar-refractivity contribution in [3.05, 3.63) is 10.1 Å². The average molecular weight is 217 g/mol. The van der Waals surface area contributed by atoms with Crippen LogP contribution in [-0.4, -0.2) is 30.0 Å². The Labute approximate surface area is 85.4 Å².